The van der Waals surface area contributed by atoms with E-state index in [1.54, 1.807) is 24.3 Å². The Morgan fingerprint density at radius 1 is 1.14 bits per heavy atom. The van der Waals surface area contributed by atoms with Crippen LogP contribution in [0.2, 0.25) is 0 Å². The molecule has 0 amide bonds. The van der Waals surface area contributed by atoms with E-state index in [0.29, 0.717) is 24.4 Å². The first-order valence-electron chi connectivity index (χ1n) is 6.42. The molecular weight excluding hydrogens is 269 g/mol. The van der Waals surface area contributed by atoms with Crippen LogP contribution in [-0.2, 0) is 6.42 Å². The molecule has 0 aromatic heterocycles. The molecule has 0 aliphatic heterocycles. The van der Waals surface area contributed by atoms with Gasteiger partial charge >= 0.3 is 0 Å². The number of phenols is 1. The van der Waals surface area contributed by atoms with Gasteiger partial charge in [0.2, 0.25) is 0 Å². The van der Waals surface area contributed by atoms with E-state index >= 15 is 0 Å². The van der Waals surface area contributed by atoms with Crippen LogP contribution in [-0.4, -0.2) is 17.5 Å². The lowest BCUT2D eigenvalue weighted by atomic mass is 10.1. The Hall–Kier alpha value is -2.87. The Morgan fingerprint density at radius 3 is 2.43 bits per heavy atom. The maximum Gasteiger partial charge on any atom is 0.182 e. The van der Waals surface area contributed by atoms with Gasteiger partial charge in [-0.05, 0) is 48.4 Å². The van der Waals surface area contributed by atoms with Crippen molar-refractivity contribution in [1.29, 1.82) is 5.26 Å². The molecule has 2 aromatic rings. The summed E-state index contributed by atoms with van der Waals surface area (Å²) in [5.41, 5.74) is 1.69. The van der Waals surface area contributed by atoms with Crippen molar-refractivity contribution < 1.29 is 9.50 Å². The standard InChI is InChI=1S/C16H14FN3O/c17-14-5-3-13(4-6-14)16(20-11-18)19-10-9-12-1-7-15(21)8-2-12/h1-8,21H,9-10H2,(H,19,20). The molecule has 2 rings (SSSR count). The number of hydrogen-bond donors (Lipinski definition) is 2. The Bertz CT molecular complexity index is 657. The Balaban J connectivity index is 2.06. The van der Waals surface area contributed by atoms with E-state index in [2.05, 4.69) is 10.3 Å². The number of hydrogen-bond acceptors (Lipinski definition) is 3. The van der Waals surface area contributed by atoms with E-state index in [1.807, 2.05) is 18.3 Å². The highest BCUT2D eigenvalue weighted by molar-refractivity contribution is 5.99. The van der Waals surface area contributed by atoms with E-state index in [9.17, 15) is 9.50 Å². The zero-order valence-corrected chi connectivity index (χ0v) is 11.3. The number of nitrogens with one attached hydrogen (secondary N) is 1. The van der Waals surface area contributed by atoms with Crippen LogP contribution in [0, 0.1) is 17.3 Å². The Morgan fingerprint density at radius 2 is 1.81 bits per heavy atom. The lowest BCUT2D eigenvalue weighted by molar-refractivity contribution is 0.475. The zero-order chi connectivity index (χ0) is 15.1. The molecule has 0 fully saturated rings. The fraction of sp³-hybridized carbons (Fsp3) is 0.125. The number of benzene rings is 2. The minimum Gasteiger partial charge on any atom is -0.508 e. The molecule has 2 aromatic carbocycles. The minimum absolute atomic E-state index is 0.223. The smallest absolute Gasteiger partial charge is 0.182 e. The van der Waals surface area contributed by atoms with Gasteiger partial charge in [-0.15, -0.1) is 0 Å². The first-order valence-corrected chi connectivity index (χ1v) is 6.42. The van der Waals surface area contributed by atoms with E-state index in [-0.39, 0.29) is 11.6 Å². The van der Waals surface area contributed by atoms with Crippen molar-refractivity contribution in [3.8, 4) is 11.9 Å². The van der Waals surface area contributed by atoms with Gasteiger partial charge in [0.05, 0.1) is 0 Å². The lowest BCUT2D eigenvalue weighted by Gasteiger charge is -2.05. The van der Waals surface area contributed by atoms with Gasteiger partial charge in [-0.1, -0.05) is 12.1 Å². The number of rotatable bonds is 4. The summed E-state index contributed by atoms with van der Waals surface area (Å²) in [6.45, 7) is 0.478. The highest BCUT2D eigenvalue weighted by Crippen LogP contribution is 2.10. The fourth-order valence-electron chi connectivity index (χ4n) is 1.82. The number of aromatic hydroxyl groups is 1. The summed E-state index contributed by atoms with van der Waals surface area (Å²) in [7, 11) is 0. The monoisotopic (exact) mass is 283 g/mol. The number of nitriles is 1. The van der Waals surface area contributed by atoms with Crippen LogP contribution in [0.4, 0.5) is 4.39 Å². The summed E-state index contributed by atoms with van der Waals surface area (Å²) in [6, 6.07) is 12.7. The van der Waals surface area contributed by atoms with Crippen LogP contribution in [0.1, 0.15) is 11.1 Å². The molecule has 5 heteroatoms. The number of phenolic OH excluding ortho intramolecular Hbond substituents is 1. The van der Waals surface area contributed by atoms with E-state index in [4.69, 9.17) is 5.26 Å². The molecule has 4 nitrogen and oxygen atoms in total. The lowest BCUT2D eigenvalue weighted by Crippen LogP contribution is -2.19. The maximum atomic E-state index is 12.9. The van der Waals surface area contributed by atoms with Crippen LogP contribution in [0.5, 0.6) is 5.75 Å². The largest absolute Gasteiger partial charge is 0.508 e. The first-order chi connectivity index (χ1) is 10.2. The molecule has 106 valence electrons. The second-order valence-corrected chi connectivity index (χ2v) is 4.39. The van der Waals surface area contributed by atoms with Crippen molar-refractivity contribution >= 4 is 5.84 Å². The highest BCUT2D eigenvalue weighted by atomic mass is 19.1. The van der Waals surface area contributed by atoms with Gasteiger partial charge in [0.25, 0.3) is 0 Å². The molecule has 0 spiro atoms. The summed E-state index contributed by atoms with van der Waals surface area (Å²) >= 11 is 0. The molecule has 0 aliphatic rings. The Kier molecular flexibility index (Phi) is 4.89. The second-order valence-electron chi connectivity index (χ2n) is 4.39. The molecule has 2 N–H and O–H groups in total. The minimum atomic E-state index is -0.334. The van der Waals surface area contributed by atoms with Crippen molar-refractivity contribution in [2.75, 3.05) is 6.54 Å². The maximum absolute atomic E-state index is 12.9. The average Bonchev–Trinajstić information content (AvgIpc) is 2.49. The zero-order valence-electron chi connectivity index (χ0n) is 11.3. The molecule has 21 heavy (non-hydrogen) atoms. The van der Waals surface area contributed by atoms with Gasteiger partial charge in [0.1, 0.15) is 17.4 Å². The molecule has 0 saturated carbocycles. The molecule has 0 heterocycles. The van der Waals surface area contributed by atoms with Crippen LogP contribution in [0.3, 0.4) is 0 Å². The molecule has 0 aliphatic carbocycles. The van der Waals surface area contributed by atoms with Crippen LogP contribution in [0.15, 0.2) is 53.5 Å². The summed E-state index contributed by atoms with van der Waals surface area (Å²) in [6.07, 6.45) is 2.51. The third kappa shape index (κ3) is 4.32. The summed E-state index contributed by atoms with van der Waals surface area (Å²) in [4.78, 5) is 4.33. The molecule has 0 unspecified atom stereocenters. The van der Waals surface area contributed by atoms with Gasteiger partial charge in [0, 0.05) is 12.1 Å². The second kappa shape index (κ2) is 7.06. The van der Waals surface area contributed by atoms with Crippen molar-refractivity contribution in [2.24, 2.45) is 4.99 Å². The number of nitrogens with zero attached hydrogens (tertiary/aromatic N) is 2. The van der Waals surface area contributed by atoms with Crippen molar-refractivity contribution in [2.45, 2.75) is 6.42 Å². The third-order valence-corrected chi connectivity index (χ3v) is 2.90. The SMILES string of the molecule is N#CNC(=NCCc1ccc(O)cc1)c1ccc(F)cc1. The van der Waals surface area contributed by atoms with E-state index < -0.39 is 0 Å². The molecule has 0 radical (unpaired) electrons. The number of aliphatic imine (C=N–C) groups is 1. The van der Waals surface area contributed by atoms with Crippen LogP contribution >= 0.6 is 0 Å². The molecule has 0 atom stereocenters. The van der Waals surface area contributed by atoms with Gasteiger partial charge < -0.3 is 5.11 Å². The third-order valence-electron chi connectivity index (χ3n) is 2.90. The van der Waals surface area contributed by atoms with E-state index in [0.717, 1.165) is 5.56 Å². The predicted molar refractivity (Wildman–Crippen MR) is 78.4 cm³/mol. The number of halogens is 1. The van der Waals surface area contributed by atoms with Gasteiger partial charge in [0.15, 0.2) is 6.19 Å². The van der Waals surface area contributed by atoms with Crippen LogP contribution < -0.4 is 5.32 Å². The van der Waals surface area contributed by atoms with Crippen LogP contribution in [0.25, 0.3) is 0 Å². The average molecular weight is 283 g/mol. The highest BCUT2D eigenvalue weighted by Gasteiger charge is 2.03. The molecule has 0 saturated heterocycles. The van der Waals surface area contributed by atoms with Crippen molar-refractivity contribution in [3.05, 3.63) is 65.5 Å². The first kappa shape index (κ1) is 14.5. The summed E-state index contributed by atoms with van der Waals surface area (Å²) in [5, 5.41) is 20.5. The Labute approximate surface area is 122 Å². The summed E-state index contributed by atoms with van der Waals surface area (Å²) < 4.78 is 12.9. The van der Waals surface area contributed by atoms with Gasteiger partial charge in [-0.25, -0.2) is 4.39 Å². The quantitative estimate of drug-likeness (QED) is 0.392. The van der Waals surface area contributed by atoms with Gasteiger partial charge in [-0.2, -0.15) is 5.26 Å². The fourth-order valence-corrected chi connectivity index (χ4v) is 1.82. The summed E-state index contributed by atoms with van der Waals surface area (Å²) in [5.74, 6) is 0.302. The van der Waals surface area contributed by atoms with Crippen molar-refractivity contribution in [1.82, 2.24) is 5.32 Å². The predicted octanol–water partition coefficient (Wildman–Crippen LogP) is 2.59. The normalized spacial score (nSPS) is 11.0. The molecule has 0 bridgehead atoms. The topological polar surface area (TPSA) is 68.4 Å². The van der Waals surface area contributed by atoms with Gasteiger partial charge in [-0.3, -0.25) is 10.3 Å². The number of amidine groups is 1. The van der Waals surface area contributed by atoms with E-state index in [1.165, 1.54) is 12.1 Å². The molecular formula is C16H14FN3O. The van der Waals surface area contributed by atoms with Crippen molar-refractivity contribution in [3.63, 3.8) is 0 Å².